The lowest BCUT2D eigenvalue weighted by Gasteiger charge is -2.28. The van der Waals surface area contributed by atoms with Crippen molar-refractivity contribution in [2.24, 2.45) is 0 Å². The van der Waals surface area contributed by atoms with Crippen molar-refractivity contribution < 1.29 is 13.2 Å². The number of fused-ring (bicyclic) bond motifs is 1. The van der Waals surface area contributed by atoms with E-state index in [9.17, 15) is 13.2 Å². The lowest BCUT2D eigenvalue weighted by atomic mass is 9.91. The number of anilines is 1. The molecule has 1 aromatic heterocycles. The Morgan fingerprint density at radius 2 is 1.96 bits per heavy atom. The van der Waals surface area contributed by atoms with Gasteiger partial charge in [0.15, 0.2) is 0 Å². The molecule has 1 fully saturated rings. The van der Waals surface area contributed by atoms with E-state index in [4.69, 9.17) is 16.7 Å². The average molecular weight is 385 g/mol. The van der Waals surface area contributed by atoms with Gasteiger partial charge >= 0.3 is 6.18 Å². The fourth-order valence-corrected chi connectivity index (χ4v) is 4.03. The van der Waals surface area contributed by atoms with Gasteiger partial charge in [-0.05, 0) is 57.6 Å². The lowest BCUT2D eigenvalue weighted by molar-refractivity contribution is -0.137. The van der Waals surface area contributed by atoms with Gasteiger partial charge in [0.1, 0.15) is 5.82 Å². The summed E-state index contributed by atoms with van der Waals surface area (Å²) in [5.74, 6) is 1.12. The Kier molecular flexibility index (Phi) is 4.39. The van der Waals surface area contributed by atoms with E-state index in [2.05, 4.69) is 17.3 Å². The van der Waals surface area contributed by atoms with Crippen LogP contribution >= 0.6 is 11.6 Å². The number of nitrogens with zero attached hydrogens (tertiary/aromatic N) is 3. The van der Waals surface area contributed by atoms with Crippen LogP contribution in [0.1, 0.15) is 35.6 Å². The third kappa shape index (κ3) is 3.07. The zero-order chi connectivity index (χ0) is 18.5. The molecular weight excluding hydrogens is 365 g/mol. The summed E-state index contributed by atoms with van der Waals surface area (Å²) in [5, 5.41) is 8.25. The quantitative estimate of drug-likeness (QED) is 0.837. The largest absolute Gasteiger partial charge is 0.416 e. The van der Waals surface area contributed by atoms with Crippen LogP contribution in [-0.2, 0) is 12.6 Å². The summed E-state index contributed by atoms with van der Waals surface area (Å²) in [4.78, 5) is 2.29. The van der Waals surface area contributed by atoms with Crippen LogP contribution in [0, 0.1) is 0 Å². The Labute approximate surface area is 154 Å². The number of piperidine rings is 1. The Balaban J connectivity index is 1.78. The van der Waals surface area contributed by atoms with Gasteiger partial charge in [-0.3, -0.25) is 0 Å². The third-order valence-corrected chi connectivity index (χ3v) is 5.61. The topological polar surface area (TPSA) is 33.1 Å². The van der Waals surface area contributed by atoms with E-state index in [1.165, 1.54) is 6.07 Å². The second kappa shape index (κ2) is 6.46. The number of hydrogen-bond acceptors (Lipinski definition) is 3. The molecule has 0 spiro atoms. The van der Waals surface area contributed by atoms with Crippen molar-refractivity contribution in [1.29, 1.82) is 0 Å². The minimum absolute atomic E-state index is 0.256. The van der Waals surface area contributed by atoms with Crippen molar-refractivity contribution in [3.63, 3.8) is 0 Å². The molecule has 0 amide bonds. The number of alkyl halides is 3. The maximum Gasteiger partial charge on any atom is 0.416 e. The number of halogens is 4. The summed E-state index contributed by atoms with van der Waals surface area (Å²) in [6.45, 7) is 2.78. The standard InChI is InChI=1S/C18H20ClF3N4/c1-25-8-5-11(6-9-25)16-13-4-7-23-17(13)26(24-16)15-10-12(18(20,21)22)2-3-14(15)19/h2-3,10-11,23H,4-9H2,1H3. The molecule has 4 rings (SSSR count). The maximum atomic E-state index is 13.1. The summed E-state index contributed by atoms with van der Waals surface area (Å²) in [5.41, 5.74) is 1.67. The molecule has 0 radical (unpaired) electrons. The fraction of sp³-hybridized carbons (Fsp3) is 0.500. The van der Waals surface area contributed by atoms with E-state index < -0.39 is 11.7 Å². The first-order valence-electron chi connectivity index (χ1n) is 8.76. The van der Waals surface area contributed by atoms with Gasteiger partial charge in [-0.25, -0.2) is 4.68 Å². The molecular formula is C18H20ClF3N4. The van der Waals surface area contributed by atoms with Gasteiger partial charge in [-0.1, -0.05) is 11.6 Å². The van der Waals surface area contributed by atoms with Crippen molar-refractivity contribution in [3.05, 3.63) is 40.0 Å². The molecule has 0 saturated carbocycles. The molecule has 2 aliphatic rings. The van der Waals surface area contributed by atoms with Crippen molar-refractivity contribution in [3.8, 4) is 5.69 Å². The van der Waals surface area contributed by atoms with Gasteiger partial charge in [0, 0.05) is 18.0 Å². The second-order valence-corrected chi connectivity index (χ2v) is 7.45. The highest BCUT2D eigenvalue weighted by Crippen LogP contribution is 2.39. The SMILES string of the molecule is CN1CCC(c2nn(-c3cc(C(F)(F)F)ccc3Cl)c3c2CCN3)CC1. The molecule has 0 aliphatic carbocycles. The van der Waals surface area contributed by atoms with Gasteiger partial charge in [0.2, 0.25) is 0 Å². The molecule has 3 heterocycles. The molecule has 1 saturated heterocycles. The highest BCUT2D eigenvalue weighted by molar-refractivity contribution is 6.32. The van der Waals surface area contributed by atoms with E-state index in [0.29, 0.717) is 5.92 Å². The molecule has 0 unspecified atom stereocenters. The van der Waals surface area contributed by atoms with Gasteiger partial charge in [0.05, 0.1) is 22.0 Å². The Bertz CT molecular complexity index is 823. The zero-order valence-electron chi connectivity index (χ0n) is 14.4. The molecule has 2 aliphatic heterocycles. The molecule has 0 atom stereocenters. The first kappa shape index (κ1) is 17.7. The van der Waals surface area contributed by atoms with Gasteiger partial charge in [-0.15, -0.1) is 0 Å². The van der Waals surface area contributed by atoms with Crippen molar-refractivity contribution in [2.75, 3.05) is 32.0 Å². The predicted molar refractivity (Wildman–Crippen MR) is 95.2 cm³/mol. The van der Waals surface area contributed by atoms with Crippen molar-refractivity contribution in [2.45, 2.75) is 31.4 Å². The normalized spacial score (nSPS) is 18.8. The number of likely N-dealkylation sites (tertiary alicyclic amines) is 1. The number of aromatic nitrogens is 2. The minimum atomic E-state index is -4.42. The van der Waals surface area contributed by atoms with E-state index in [1.54, 1.807) is 4.68 Å². The molecule has 26 heavy (non-hydrogen) atoms. The van der Waals surface area contributed by atoms with Crippen LogP contribution < -0.4 is 5.32 Å². The molecule has 0 bridgehead atoms. The van der Waals surface area contributed by atoms with E-state index >= 15 is 0 Å². The number of nitrogens with one attached hydrogen (secondary N) is 1. The van der Waals surface area contributed by atoms with E-state index in [-0.39, 0.29) is 10.7 Å². The molecule has 140 valence electrons. The third-order valence-electron chi connectivity index (χ3n) is 5.29. The molecule has 1 N–H and O–H groups in total. The first-order chi connectivity index (χ1) is 12.3. The summed E-state index contributed by atoms with van der Waals surface area (Å²) in [6, 6.07) is 3.37. The average Bonchev–Trinajstić information content (AvgIpc) is 3.18. The van der Waals surface area contributed by atoms with Crippen LogP contribution in [0.25, 0.3) is 5.69 Å². The summed E-state index contributed by atoms with van der Waals surface area (Å²) >= 11 is 6.23. The van der Waals surface area contributed by atoms with Crippen molar-refractivity contribution in [1.82, 2.24) is 14.7 Å². The summed E-state index contributed by atoms with van der Waals surface area (Å²) < 4.78 is 41.0. The predicted octanol–water partition coefficient (Wildman–Crippen LogP) is 4.32. The zero-order valence-corrected chi connectivity index (χ0v) is 15.2. The number of benzene rings is 1. The van der Waals surface area contributed by atoms with Gasteiger partial charge in [0.25, 0.3) is 0 Å². The highest BCUT2D eigenvalue weighted by Gasteiger charge is 2.33. The molecule has 8 heteroatoms. The van der Waals surface area contributed by atoms with Crippen LogP contribution in [0.2, 0.25) is 5.02 Å². The number of hydrogen-bond donors (Lipinski definition) is 1. The second-order valence-electron chi connectivity index (χ2n) is 7.04. The monoisotopic (exact) mass is 384 g/mol. The van der Waals surface area contributed by atoms with Crippen LogP contribution in [0.4, 0.5) is 19.0 Å². The Hall–Kier alpha value is -1.73. The van der Waals surface area contributed by atoms with Crippen LogP contribution in [0.5, 0.6) is 0 Å². The van der Waals surface area contributed by atoms with Gasteiger partial charge in [-0.2, -0.15) is 18.3 Å². The Morgan fingerprint density at radius 3 is 2.65 bits per heavy atom. The van der Waals surface area contributed by atoms with Crippen LogP contribution in [-0.4, -0.2) is 41.4 Å². The first-order valence-corrected chi connectivity index (χ1v) is 9.13. The van der Waals surface area contributed by atoms with E-state index in [0.717, 1.165) is 68.1 Å². The van der Waals surface area contributed by atoms with Crippen LogP contribution in [0.3, 0.4) is 0 Å². The molecule has 4 nitrogen and oxygen atoms in total. The van der Waals surface area contributed by atoms with Crippen LogP contribution in [0.15, 0.2) is 18.2 Å². The minimum Gasteiger partial charge on any atom is -0.369 e. The van der Waals surface area contributed by atoms with Gasteiger partial charge < -0.3 is 10.2 Å². The summed E-state index contributed by atoms with van der Waals surface area (Å²) in [6.07, 6.45) is -1.56. The molecule has 2 aromatic rings. The summed E-state index contributed by atoms with van der Waals surface area (Å²) in [7, 11) is 2.10. The van der Waals surface area contributed by atoms with Crippen molar-refractivity contribution >= 4 is 17.4 Å². The number of rotatable bonds is 2. The highest BCUT2D eigenvalue weighted by atomic mass is 35.5. The maximum absolute atomic E-state index is 13.1. The smallest absolute Gasteiger partial charge is 0.369 e. The van der Waals surface area contributed by atoms with E-state index in [1.807, 2.05) is 0 Å². The molecule has 1 aromatic carbocycles. The Morgan fingerprint density at radius 1 is 1.23 bits per heavy atom. The lowest BCUT2D eigenvalue weighted by Crippen LogP contribution is -2.29. The fourth-order valence-electron chi connectivity index (χ4n) is 3.84.